The van der Waals surface area contributed by atoms with Crippen molar-refractivity contribution in [3.8, 4) is 0 Å². The maximum Gasteiger partial charge on any atom is 0.242 e. The van der Waals surface area contributed by atoms with Crippen LogP contribution in [0.1, 0.15) is 24.5 Å². The van der Waals surface area contributed by atoms with E-state index in [1.54, 1.807) is 0 Å². The Hall–Kier alpha value is -3.18. The Bertz CT molecular complexity index is 1060. The number of hydrogen-bond acceptors (Lipinski definition) is 4. The molecule has 2 aliphatic rings. The van der Waals surface area contributed by atoms with Gasteiger partial charge in [0.2, 0.25) is 5.91 Å². The zero-order valence-corrected chi connectivity index (χ0v) is 18.7. The highest BCUT2D eigenvalue weighted by atomic mass is 16.2. The van der Waals surface area contributed by atoms with Crippen LogP contribution in [0.2, 0.25) is 0 Å². The van der Waals surface area contributed by atoms with Crippen molar-refractivity contribution in [1.29, 1.82) is 0 Å². The van der Waals surface area contributed by atoms with Crippen molar-refractivity contribution in [3.63, 3.8) is 0 Å². The van der Waals surface area contributed by atoms with E-state index in [0.29, 0.717) is 6.54 Å². The molecule has 2 aliphatic heterocycles. The normalized spacial score (nSPS) is 21.1. The van der Waals surface area contributed by atoms with Gasteiger partial charge in [-0.15, -0.1) is 0 Å². The zero-order valence-electron chi connectivity index (χ0n) is 18.7. The second-order valence-electron chi connectivity index (χ2n) is 8.60. The van der Waals surface area contributed by atoms with Crippen LogP contribution in [0, 0.1) is 0 Å². The summed E-state index contributed by atoms with van der Waals surface area (Å²) < 4.78 is 0. The van der Waals surface area contributed by atoms with Crippen molar-refractivity contribution >= 4 is 17.4 Å². The van der Waals surface area contributed by atoms with Crippen LogP contribution in [0.4, 0.5) is 11.5 Å². The van der Waals surface area contributed by atoms with Gasteiger partial charge in [-0.05, 0) is 49.2 Å². The second-order valence-corrected chi connectivity index (χ2v) is 8.60. The van der Waals surface area contributed by atoms with Crippen molar-refractivity contribution in [2.75, 3.05) is 49.1 Å². The molecule has 0 bridgehead atoms. The van der Waals surface area contributed by atoms with E-state index in [2.05, 4.69) is 58.1 Å². The summed E-state index contributed by atoms with van der Waals surface area (Å²) >= 11 is 0. The second kappa shape index (κ2) is 8.75. The Balaban J connectivity index is 1.39. The number of fused-ring (bicyclic) bond motifs is 1. The van der Waals surface area contributed by atoms with Crippen LogP contribution < -0.4 is 9.80 Å². The highest BCUT2D eigenvalue weighted by molar-refractivity contribution is 6.10. The third-order valence-electron chi connectivity index (χ3n) is 7.00. The van der Waals surface area contributed by atoms with Gasteiger partial charge in [-0.25, -0.2) is 4.98 Å². The van der Waals surface area contributed by atoms with Crippen LogP contribution in [0.3, 0.4) is 0 Å². The summed E-state index contributed by atoms with van der Waals surface area (Å²) in [5, 5.41) is 0. The lowest BCUT2D eigenvalue weighted by atomic mass is 9.72. The third kappa shape index (κ3) is 3.47. The van der Waals surface area contributed by atoms with Gasteiger partial charge in [-0.2, -0.15) is 0 Å². The monoisotopic (exact) mass is 426 g/mol. The molecular weight excluding hydrogens is 396 g/mol. The number of carbonyl (C=O) groups excluding carboxylic acids is 1. The predicted octanol–water partition coefficient (Wildman–Crippen LogP) is 3.95. The first kappa shape index (κ1) is 20.7. The minimum absolute atomic E-state index is 0.208. The van der Waals surface area contributed by atoms with E-state index in [-0.39, 0.29) is 5.91 Å². The number of likely N-dealkylation sites (N-methyl/N-ethyl adjacent to an activating group) is 1. The maximum atomic E-state index is 13.9. The first-order valence-corrected chi connectivity index (χ1v) is 11.6. The van der Waals surface area contributed by atoms with Gasteiger partial charge in [0, 0.05) is 44.6 Å². The Morgan fingerprint density at radius 2 is 1.59 bits per heavy atom. The van der Waals surface area contributed by atoms with E-state index in [9.17, 15) is 4.79 Å². The molecule has 3 aromatic rings. The minimum Gasteiger partial charge on any atom is -0.354 e. The number of nitrogens with zero attached hydrogens (tertiary/aromatic N) is 4. The Morgan fingerprint density at radius 3 is 2.31 bits per heavy atom. The van der Waals surface area contributed by atoms with Gasteiger partial charge in [0.15, 0.2) is 0 Å². The summed E-state index contributed by atoms with van der Waals surface area (Å²) in [4.78, 5) is 25.2. The zero-order chi connectivity index (χ0) is 22.0. The number of hydrogen-bond donors (Lipinski definition) is 0. The number of benzene rings is 2. The molecule has 0 spiro atoms. The number of piperazine rings is 1. The van der Waals surface area contributed by atoms with E-state index in [1.807, 2.05) is 47.5 Å². The topological polar surface area (TPSA) is 39.7 Å². The molecule has 1 amide bonds. The number of anilines is 2. The molecule has 1 unspecified atom stereocenters. The number of rotatable bonds is 6. The molecule has 5 rings (SSSR count). The molecule has 0 aliphatic carbocycles. The number of pyridine rings is 1. The van der Waals surface area contributed by atoms with Crippen LogP contribution in [-0.2, 0) is 10.2 Å². The van der Waals surface area contributed by atoms with Gasteiger partial charge < -0.3 is 9.80 Å². The molecule has 0 radical (unpaired) electrons. The smallest absolute Gasteiger partial charge is 0.242 e. The average Bonchev–Trinajstić information content (AvgIpc) is 3.12. The van der Waals surface area contributed by atoms with Crippen molar-refractivity contribution in [3.05, 3.63) is 90.1 Å². The molecule has 1 aromatic heterocycles. The lowest BCUT2D eigenvalue weighted by molar-refractivity contribution is -0.122. The molecule has 0 N–H and O–H groups in total. The van der Waals surface area contributed by atoms with Gasteiger partial charge in [-0.3, -0.25) is 9.69 Å². The lowest BCUT2D eigenvalue weighted by Crippen LogP contribution is -2.49. The Labute approximate surface area is 190 Å². The third-order valence-corrected chi connectivity index (χ3v) is 7.00. The Kier molecular flexibility index (Phi) is 5.66. The molecule has 5 heteroatoms. The van der Waals surface area contributed by atoms with Gasteiger partial charge in [0.05, 0.1) is 0 Å². The number of carbonyl (C=O) groups is 1. The first-order chi connectivity index (χ1) is 15.7. The van der Waals surface area contributed by atoms with Crippen molar-refractivity contribution in [2.45, 2.75) is 18.8 Å². The highest BCUT2D eigenvalue weighted by Crippen LogP contribution is 2.48. The minimum atomic E-state index is -0.619. The fourth-order valence-electron chi connectivity index (χ4n) is 5.29. The summed E-state index contributed by atoms with van der Waals surface area (Å²) in [7, 11) is 0. The SMILES string of the molecule is CCN1C(=O)C(CCN2CCN(c3ccccn3)CC2)(c2ccccc2)c2ccccc21. The molecule has 1 atom stereocenters. The molecule has 32 heavy (non-hydrogen) atoms. The van der Waals surface area contributed by atoms with Crippen molar-refractivity contribution < 1.29 is 4.79 Å². The predicted molar refractivity (Wildman–Crippen MR) is 129 cm³/mol. The van der Waals surface area contributed by atoms with E-state index in [1.165, 1.54) is 0 Å². The van der Waals surface area contributed by atoms with Gasteiger partial charge in [0.1, 0.15) is 11.2 Å². The van der Waals surface area contributed by atoms with Crippen molar-refractivity contribution in [1.82, 2.24) is 9.88 Å². The molecule has 5 nitrogen and oxygen atoms in total. The van der Waals surface area contributed by atoms with Crippen LogP contribution in [0.25, 0.3) is 0 Å². The molecule has 164 valence electrons. The fourth-order valence-corrected chi connectivity index (χ4v) is 5.29. The molecule has 0 saturated carbocycles. The summed E-state index contributed by atoms with van der Waals surface area (Å²) in [6.45, 7) is 7.52. The van der Waals surface area contributed by atoms with Crippen LogP contribution in [0.5, 0.6) is 0 Å². The quantitative estimate of drug-likeness (QED) is 0.599. The molecule has 2 aromatic carbocycles. The van der Waals surface area contributed by atoms with Crippen LogP contribution >= 0.6 is 0 Å². The maximum absolute atomic E-state index is 13.9. The fraction of sp³-hybridized carbons (Fsp3) is 0.333. The van der Waals surface area contributed by atoms with Gasteiger partial charge in [0.25, 0.3) is 0 Å². The molecule has 3 heterocycles. The van der Waals surface area contributed by atoms with Gasteiger partial charge >= 0.3 is 0 Å². The summed E-state index contributed by atoms with van der Waals surface area (Å²) in [6, 6.07) is 24.8. The number of para-hydroxylation sites is 1. The average molecular weight is 427 g/mol. The molecular formula is C27H30N4O. The molecule has 1 saturated heterocycles. The lowest BCUT2D eigenvalue weighted by Gasteiger charge is -2.37. The summed E-state index contributed by atoms with van der Waals surface area (Å²) in [5.41, 5.74) is 2.68. The van der Waals surface area contributed by atoms with Crippen LogP contribution in [-0.4, -0.2) is 55.1 Å². The first-order valence-electron chi connectivity index (χ1n) is 11.6. The van der Waals surface area contributed by atoms with Crippen molar-refractivity contribution in [2.24, 2.45) is 0 Å². The van der Waals surface area contributed by atoms with E-state index < -0.39 is 5.41 Å². The molecule has 1 fully saturated rings. The largest absolute Gasteiger partial charge is 0.354 e. The summed E-state index contributed by atoms with van der Waals surface area (Å²) in [6.07, 6.45) is 2.64. The van der Waals surface area contributed by atoms with Crippen LogP contribution in [0.15, 0.2) is 79.0 Å². The van der Waals surface area contributed by atoms with E-state index in [4.69, 9.17) is 0 Å². The Morgan fingerprint density at radius 1 is 0.875 bits per heavy atom. The van der Waals surface area contributed by atoms with E-state index >= 15 is 0 Å². The standard InChI is InChI=1S/C27H30N4O/c1-2-31-24-13-7-6-12-23(24)27(26(31)32,22-10-4-3-5-11-22)15-17-29-18-20-30(21-19-29)25-14-8-9-16-28-25/h3-14,16H,2,15,17-21H2,1H3. The number of aromatic nitrogens is 1. The van der Waals surface area contributed by atoms with E-state index in [0.717, 1.165) is 61.8 Å². The van der Waals surface area contributed by atoms with Gasteiger partial charge in [-0.1, -0.05) is 54.6 Å². The highest BCUT2D eigenvalue weighted by Gasteiger charge is 2.51. The number of amides is 1. The summed E-state index contributed by atoms with van der Waals surface area (Å²) in [5.74, 6) is 1.26.